The average molecular weight is 373 g/mol. The first-order valence-corrected chi connectivity index (χ1v) is 8.17. The van der Waals surface area contributed by atoms with Gasteiger partial charge in [0.15, 0.2) is 0 Å². The summed E-state index contributed by atoms with van der Waals surface area (Å²) in [6, 6.07) is 13.9. The second kappa shape index (κ2) is 7.09. The van der Waals surface area contributed by atoms with Crippen LogP contribution >= 0.6 is 23.2 Å². The van der Waals surface area contributed by atoms with Crippen molar-refractivity contribution in [3.8, 4) is 0 Å². The summed E-state index contributed by atoms with van der Waals surface area (Å²) in [6.45, 7) is 1.45. The predicted molar refractivity (Wildman–Crippen MR) is 103 cm³/mol. The molecule has 3 aromatic rings. The highest BCUT2D eigenvalue weighted by Crippen LogP contribution is 2.40. The molecule has 25 heavy (non-hydrogen) atoms. The van der Waals surface area contributed by atoms with Crippen LogP contribution in [0.3, 0.4) is 0 Å². The topological polar surface area (TPSA) is 79.8 Å². The smallest absolute Gasteiger partial charge is 0.221 e. The van der Waals surface area contributed by atoms with Gasteiger partial charge >= 0.3 is 0 Å². The molecule has 126 valence electrons. The number of rotatable bonds is 3. The summed E-state index contributed by atoms with van der Waals surface area (Å²) in [5, 5.41) is 13.5. The van der Waals surface area contributed by atoms with Crippen LogP contribution in [0.1, 0.15) is 6.92 Å². The zero-order chi connectivity index (χ0) is 18.0. The fraction of sp³-hybridized carbons (Fsp3) is 0.0556. The van der Waals surface area contributed by atoms with E-state index in [1.54, 1.807) is 48.5 Å². The lowest BCUT2D eigenvalue weighted by atomic mass is 10.1. The van der Waals surface area contributed by atoms with E-state index in [9.17, 15) is 4.79 Å². The number of anilines is 2. The van der Waals surface area contributed by atoms with Crippen molar-refractivity contribution in [3.63, 3.8) is 0 Å². The molecule has 0 spiro atoms. The van der Waals surface area contributed by atoms with Crippen molar-refractivity contribution < 1.29 is 4.79 Å². The number of nitrogens with two attached hydrogens (primary N) is 1. The zero-order valence-corrected chi connectivity index (χ0v) is 14.8. The summed E-state index contributed by atoms with van der Waals surface area (Å²) in [4.78, 5) is 11.0. The molecule has 0 aliphatic heterocycles. The monoisotopic (exact) mass is 372 g/mol. The van der Waals surface area contributed by atoms with Crippen molar-refractivity contribution in [1.29, 1.82) is 0 Å². The third kappa shape index (κ3) is 3.73. The number of benzene rings is 3. The third-order valence-electron chi connectivity index (χ3n) is 3.53. The zero-order valence-electron chi connectivity index (χ0n) is 13.3. The van der Waals surface area contributed by atoms with Gasteiger partial charge in [-0.15, -0.1) is 5.11 Å². The first-order valence-electron chi connectivity index (χ1n) is 7.41. The lowest BCUT2D eigenvalue weighted by Gasteiger charge is -2.08. The second-order valence-electron chi connectivity index (χ2n) is 5.38. The molecule has 3 aromatic carbocycles. The van der Waals surface area contributed by atoms with Gasteiger partial charge in [0.1, 0.15) is 0 Å². The van der Waals surface area contributed by atoms with Gasteiger partial charge in [-0.05, 0) is 48.5 Å². The van der Waals surface area contributed by atoms with E-state index in [1.807, 2.05) is 0 Å². The Kier molecular flexibility index (Phi) is 4.88. The quantitative estimate of drug-likeness (QED) is 0.429. The number of amides is 1. The number of azo groups is 1. The minimum absolute atomic E-state index is 0.130. The molecule has 0 aliphatic rings. The molecule has 1 amide bonds. The summed E-state index contributed by atoms with van der Waals surface area (Å²) >= 11 is 12.5. The number of nitrogens with zero attached hydrogens (tertiary/aromatic N) is 2. The largest absolute Gasteiger partial charge is 0.398 e. The molecule has 0 radical (unpaired) electrons. The molecular weight excluding hydrogens is 359 g/mol. The highest BCUT2D eigenvalue weighted by atomic mass is 35.5. The van der Waals surface area contributed by atoms with Crippen molar-refractivity contribution in [1.82, 2.24) is 0 Å². The Morgan fingerprint density at radius 2 is 1.56 bits per heavy atom. The molecule has 7 heteroatoms. The van der Waals surface area contributed by atoms with Crippen LogP contribution in [-0.2, 0) is 4.79 Å². The third-order valence-corrected chi connectivity index (χ3v) is 4.16. The SMILES string of the molecule is CC(=O)Nc1ccc(N=Nc2ccc(N)c3c(Cl)ccc(Cl)c23)cc1. The van der Waals surface area contributed by atoms with Crippen molar-refractivity contribution in [2.45, 2.75) is 6.92 Å². The first-order chi connectivity index (χ1) is 12.0. The Bertz CT molecular complexity index is 976. The first kappa shape index (κ1) is 17.2. The molecule has 0 atom stereocenters. The lowest BCUT2D eigenvalue weighted by Crippen LogP contribution is -2.04. The molecule has 3 rings (SSSR count). The molecule has 0 bridgehead atoms. The molecule has 5 nitrogen and oxygen atoms in total. The fourth-order valence-electron chi connectivity index (χ4n) is 2.43. The van der Waals surface area contributed by atoms with Gasteiger partial charge in [0, 0.05) is 29.1 Å². The van der Waals surface area contributed by atoms with E-state index in [0.717, 1.165) is 0 Å². The van der Waals surface area contributed by atoms with Crippen LogP contribution < -0.4 is 11.1 Å². The highest BCUT2D eigenvalue weighted by molar-refractivity contribution is 6.42. The molecule has 0 unspecified atom stereocenters. The number of fused-ring (bicyclic) bond motifs is 1. The van der Waals surface area contributed by atoms with E-state index in [0.29, 0.717) is 43.6 Å². The molecule has 0 fully saturated rings. The number of hydrogen-bond acceptors (Lipinski definition) is 4. The van der Waals surface area contributed by atoms with Crippen molar-refractivity contribution >= 4 is 62.6 Å². The molecule has 0 saturated heterocycles. The number of nitrogens with one attached hydrogen (secondary N) is 1. The summed E-state index contributed by atoms with van der Waals surface area (Å²) in [5.41, 5.74) is 8.44. The van der Waals surface area contributed by atoms with Crippen LogP contribution in [0, 0.1) is 0 Å². The number of halogens is 2. The second-order valence-corrected chi connectivity index (χ2v) is 6.20. The Hall–Kier alpha value is -2.63. The van der Waals surface area contributed by atoms with E-state index in [2.05, 4.69) is 15.5 Å². The molecule has 0 saturated carbocycles. The van der Waals surface area contributed by atoms with E-state index in [1.165, 1.54) is 6.92 Å². The molecule has 0 heterocycles. The van der Waals surface area contributed by atoms with Gasteiger partial charge in [0.2, 0.25) is 5.91 Å². The van der Waals surface area contributed by atoms with Crippen LogP contribution in [0.2, 0.25) is 10.0 Å². The maximum atomic E-state index is 11.0. The Morgan fingerprint density at radius 1 is 0.920 bits per heavy atom. The van der Waals surface area contributed by atoms with E-state index in [4.69, 9.17) is 28.9 Å². The lowest BCUT2D eigenvalue weighted by molar-refractivity contribution is -0.114. The molecule has 0 aromatic heterocycles. The van der Waals surface area contributed by atoms with Gasteiger partial charge < -0.3 is 11.1 Å². The minimum atomic E-state index is -0.130. The van der Waals surface area contributed by atoms with Gasteiger partial charge in [0.05, 0.1) is 21.4 Å². The van der Waals surface area contributed by atoms with Crippen molar-refractivity contribution in [3.05, 3.63) is 58.6 Å². The Balaban J connectivity index is 1.98. The van der Waals surface area contributed by atoms with E-state index in [-0.39, 0.29) is 5.91 Å². The maximum Gasteiger partial charge on any atom is 0.221 e. The fourth-order valence-corrected chi connectivity index (χ4v) is 2.95. The summed E-state index contributed by atoms with van der Waals surface area (Å²) in [5.74, 6) is -0.130. The highest BCUT2D eigenvalue weighted by Gasteiger charge is 2.11. The molecule has 3 N–H and O–H groups in total. The Labute approximate surface area is 154 Å². The number of carbonyl (C=O) groups is 1. The number of carbonyl (C=O) groups excluding carboxylic acids is 1. The van der Waals surface area contributed by atoms with Gasteiger partial charge in [-0.25, -0.2) is 0 Å². The number of hydrogen-bond donors (Lipinski definition) is 2. The van der Waals surface area contributed by atoms with Gasteiger partial charge in [0.25, 0.3) is 0 Å². The standard InChI is InChI=1S/C18H14Cl2N4O/c1-10(25)22-11-2-4-12(5-3-11)23-24-16-9-8-15(21)17-13(19)6-7-14(20)18(16)17/h2-9H,21H2,1H3,(H,22,25). The minimum Gasteiger partial charge on any atom is -0.398 e. The normalized spacial score (nSPS) is 11.2. The molecule has 0 aliphatic carbocycles. The summed E-state index contributed by atoms with van der Waals surface area (Å²) < 4.78 is 0. The van der Waals surface area contributed by atoms with Crippen LogP contribution in [-0.4, -0.2) is 5.91 Å². The maximum absolute atomic E-state index is 11.0. The van der Waals surface area contributed by atoms with Gasteiger partial charge in [-0.2, -0.15) is 5.11 Å². The molecular formula is C18H14Cl2N4O. The van der Waals surface area contributed by atoms with Gasteiger partial charge in [-0.3, -0.25) is 4.79 Å². The van der Waals surface area contributed by atoms with Crippen LogP contribution in [0.4, 0.5) is 22.7 Å². The van der Waals surface area contributed by atoms with Crippen LogP contribution in [0.15, 0.2) is 58.8 Å². The van der Waals surface area contributed by atoms with Crippen molar-refractivity contribution in [2.24, 2.45) is 10.2 Å². The van der Waals surface area contributed by atoms with Crippen LogP contribution in [0.25, 0.3) is 10.8 Å². The van der Waals surface area contributed by atoms with Gasteiger partial charge in [-0.1, -0.05) is 23.2 Å². The Morgan fingerprint density at radius 3 is 2.20 bits per heavy atom. The summed E-state index contributed by atoms with van der Waals surface area (Å²) in [6.07, 6.45) is 0. The average Bonchev–Trinajstić information content (AvgIpc) is 2.58. The van der Waals surface area contributed by atoms with E-state index >= 15 is 0 Å². The van der Waals surface area contributed by atoms with Crippen LogP contribution in [0.5, 0.6) is 0 Å². The predicted octanol–water partition coefficient (Wildman–Crippen LogP) is 6.10. The van der Waals surface area contributed by atoms with E-state index < -0.39 is 0 Å². The van der Waals surface area contributed by atoms with Crippen molar-refractivity contribution in [2.75, 3.05) is 11.1 Å². The number of nitrogen functional groups attached to an aromatic ring is 1. The summed E-state index contributed by atoms with van der Waals surface area (Å²) in [7, 11) is 0.